The van der Waals surface area contributed by atoms with Crippen LogP contribution in [-0.2, 0) is 0 Å². The van der Waals surface area contributed by atoms with Crippen LogP contribution in [0, 0.1) is 5.41 Å². The summed E-state index contributed by atoms with van der Waals surface area (Å²) in [6.45, 7) is 2.32. The largest absolute Gasteiger partial charge is 0.305 e. The molecule has 2 aliphatic rings. The smallest absolute Gasteiger partial charge is 0.0274 e. The molecule has 1 fully saturated rings. The van der Waals surface area contributed by atoms with Gasteiger partial charge in [0.15, 0.2) is 0 Å². The van der Waals surface area contributed by atoms with Gasteiger partial charge in [-0.3, -0.25) is 0 Å². The number of likely N-dealkylation sites (tertiary alicyclic amines) is 1. The van der Waals surface area contributed by atoms with E-state index in [1.54, 1.807) is 0 Å². The average molecular weight is 237 g/mol. The summed E-state index contributed by atoms with van der Waals surface area (Å²) >= 11 is 0. The molecule has 1 heteroatoms. The van der Waals surface area contributed by atoms with E-state index in [1.807, 2.05) is 0 Å². The van der Waals surface area contributed by atoms with Crippen LogP contribution in [0.3, 0.4) is 0 Å². The molecule has 3 rings (SSSR count). The molecule has 1 atom stereocenters. The van der Waals surface area contributed by atoms with Gasteiger partial charge in [-0.15, -0.1) is 0 Å². The Morgan fingerprint density at radius 3 is 2.72 bits per heavy atom. The fourth-order valence-corrected chi connectivity index (χ4v) is 2.98. The molecule has 1 heterocycles. The van der Waals surface area contributed by atoms with E-state index in [0.29, 0.717) is 0 Å². The number of rotatable bonds is 1. The van der Waals surface area contributed by atoms with Gasteiger partial charge in [-0.1, -0.05) is 60.7 Å². The van der Waals surface area contributed by atoms with Crippen LogP contribution in [0.25, 0.3) is 6.08 Å². The quantitative estimate of drug-likeness (QED) is 0.722. The van der Waals surface area contributed by atoms with Crippen molar-refractivity contribution < 1.29 is 0 Å². The lowest BCUT2D eigenvalue weighted by molar-refractivity contribution is 0.380. The molecule has 1 unspecified atom stereocenters. The zero-order chi connectivity index (χ0) is 12.4. The van der Waals surface area contributed by atoms with Crippen LogP contribution in [0.5, 0.6) is 0 Å². The summed E-state index contributed by atoms with van der Waals surface area (Å²) in [5.41, 5.74) is 2.97. The lowest BCUT2D eigenvalue weighted by Gasteiger charge is -2.29. The Morgan fingerprint density at radius 2 is 2.00 bits per heavy atom. The third kappa shape index (κ3) is 2.06. The molecular formula is C17H19N. The fourth-order valence-electron chi connectivity index (χ4n) is 2.98. The Balaban J connectivity index is 1.97. The van der Waals surface area contributed by atoms with Crippen molar-refractivity contribution in [1.29, 1.82) is 0 Å². The lowest BCUT2D eigenvalue weighted by Crippen LogP contribution is -2.25. The summed E-state index contributed by atoms with van der Waals surface area (Å²) in [6.07, 6.45) is 12.6. The number of benzene rings is 1. The van der Waals surface area contributed by atoms with Crippen molar-refractivity contribution in [1.82, 2.24) is 4.90 Å². The molecule has 18 heavy (non-hydrogen) atoms. The first-order valence-corrected chi connectivity index (χ1v) is 6.60. The van der Waals surface area contributed by atoms with Gasteiger partial charge in [-0.2, -0.15) is 0 Å². The standard InChI is InChI=1S/C17H19N/c1-18-12-11-17(14-18)10-6-5-9-16(17)13-15-7-3-2-4-8-15/h2-10,13H,11-12,14H2,1H3/b16-13-. The summed E-state index contributed by atoms with van der Waals surface area (Å²) in [5, 5.41) is 0. The molecule has 0 radical (unpaired) electrons. The Hall–Kier alpha value is -1.60. The van der Waals surface area contributed by atoms with E-state index in [2.05, 4.69) is 72.7 Å². The second-order valence-electron chi connectivity index (χ2n) is 5.37. The highest BCUT2D eigenvalue weighted by atomic mass is 15.1. The molecule has 0 N–H and O–H groups in total. The molecule has 0 amide bonds. The molecule has 1 spiro atoms. The Labute approximate surface area is 109 Å². The molecular weight excluding hydrogens is 218 g/mol. The topological polar surface area (TPSA) is 3.24 Å². The maximum Gasteiger partial charge on any atom is 0.0274 e. The van der Waals surface area contributed by atoms with Gasteiger partial charge < -0.3 is 4.90 Å². The van der Waals surface area contributed by atoms with Gasteiger partial charge >= 0.3 is 0 Å². The second kappa shape index (κ2) is 4.58. The number of nitrogens with zero attached hydrogens (tertiary/aromatic N) is 1. The van der Waals surface area contributed by atoms with Crippen LogP contribution in [0.2, 0.25) is 0 Å². The first kappa shape index (κ1) is 11.5. The Kier molecular flexibility index (Phi) is 2.92. The fraction of sp³-hybridized carbons (Fsp3) is 0.294. The van der Waals surface area contributed by atoms with E-state index in [-0.39, 0.29) is 5.41 Å². The van der Waals surface area contributed by atoms with Crippen molar-refractivity contribution in [3.63, 3.8) is 0 Å². The van der Waals surface area contributed by atoms with Crippen LogP contribution in [0.1, 0.15) is 12.0 Å². The third-order valence-electron chi connectivity index (χ3n) is 3.99. The van der Waals surface area contributed by atoms with Crippen molar-refractivity contribution >= 4 is 6.08 Å². The Bertz CT molecular complexity index is 510. The predicted molar refractivity (Wildman–Crippen MR) is 77.2 cm³/mol. The van der Waals surface area contributed by atoms with Gasteiger partial charge in [0.1, 0.15) is 0 Å². The number of hydrogen-bond donors (Lipinski definition) is 0. The molecule has 1 aliphatic heterocycles. The SMILES string of the molecule is CN1CCC2(C=CC=C/C2=C/c2ccccc2)C1. The summed E-state index contributed by atoms with van der Waals surface area (Å²) in [7, 11) is 2.21. The average Bonchev–Trinajstić information content (AvgIpc) is 2.76. The van der Waals surface area contributed by atoms with Crippen molar-refractivity contribution in [3.05, 3.63) is 65.8 Å². The highest BCUT2D eigenvalue weighted by molar-refractivity contribution is 5.60. The van der Waals surface area contributed by atoms with Gasteiger partial charge in [-0.05, 0) is 31.1 Å². The van der Waals surface area contributed by atoms with Gasteiger partial charge in [0.05, 0.1) is 0 Å². The zero-order valence-electron chi connectivity index (χ0n) is 10.8. The molecule has 1 saturated heterocycles. The van der Waals surface area contributed by atoms with E-state index in [4.69, 9.17) is 0 Å². The maximum absolute atomic E-state index is 2.42. The molecule has 1 aliphatic carbocycles. The van der Waals surface area contributed by atoms with Gasteiger partial charge in [-0.25, -0.2) is 0 Å². The first-order valence-electron chi connectivity index (χ1n) is 6.60. The highest BCUT2D eigenvalue weighted by Gasteiger charge is 2.37. The molecule has 0 bridgehead atoms. The monoisotopic (exact) mass is 237 g/mol. The summed E-state index contributed by atoms with van der Waals surface area (Å²) in [6, 6.07) is 10.6. The van der Waals surface area contributed by atoms with Crippen LogP contribution >= 0.6 is 0 Å². The van der Waals surface area contributed by atoms with E-state index >= 15 is 0 Å². The van der Waals surface area contributed by atoms with Gasteiger partial charge in [0.25, 0.3) is 0 Å². The summed E-state index contributed by atoms with van der Waals surface area (Å²) in [4.78, 5) is 2.42. The summed E-state index contributed by atoms with van der Waals surface area (Å²) in [5.74, 6) is 0. The maximum atomic E-state index is 2.42. The van der Waals surface area contributed by atoms with Crippen molar-refractivity contribution in [2.75, 3.05) is 20.1 Å². The molecule has 1 aromatic carbocycles. The molecule has 92 valence electrons. The highest BCUT2D eigenvalue weighted by Crippen LogP contribution is 2.42. The lowest BCUT2D eigenvalue weighted by atomic mass is 9.76. The molecule has 0 saturated carbocycles. The van der Waals surface area contributed by atoms with E-state index in [0.717, 1.165) is 6.54 Å². The van der Waals surface area contributed by atoms with Gasteiger partial charge in [0.2, 0.25) is 0 Å². The van der Waals surface area contributed by atoms with Crippen molar-refractivity contribution in [2.24, 2.45) is 5.41 Å². The van der Waals surface area contributed by atoms with Crippen LogP contribution < -0.4 is 0 Å². The van der Waals surface area contributed by atoms with Crippen LogP contribution in [0.4, 0.5) is 0 Å². The Morgan fingerprint density at radius 1 is 1.17 bits per heavy atom. The molecule has 1 aromatic rings. The van der Waals surface area contributed by atoms with E-state index < -0.39 is 0 Å². The normalized spacial score (nSPS) is 29.5. The summed E-state index contributed by atoms with van der Waals surface area (Å²) < 4.78 is 0. The van der Waals surface area contributed by atoms with E-state index in [1.165, 1.54) is 24.1 Å². The zero-order valence-corrected chi connectivity index (χ0v) is 10.8. The minimum atomic E-state index is 0.235. The number of hydrogen-bond acceptors (Lipinski definition) is 1. The minimum Gasteiger partial charge on any atom is -0.305 e. The van der Waals surface area contributed by atoms with Crippen LogP contribution in [0.15, 0.2) is 60.2 Å². The van der Waals surface area contributed by atoms with Crippen molar-refractivity contribution in [3.8, 4) is 0 Å². The van der Waals surface area contributed by atoms with Gasteiger partial charge in [0, 0.05) is 12.0 Å². The second-order valence-corrected chi connectivity index (χ2v) is 5.37. The minimum absolute atomic E-state index is 0.235. The van der Waals surface area contributed by atoms with Crippen molar-refractivity contribution in [2.45, 2.75) is 6.42 Å². The predicted octanol–water partition coefficient (Wildman–Crippen LogP) is 3.52. The van der Waals surface area contributed by atoms with Crippen LogP contribution in [-0.4, -0.2) is 25.0 Å². The third-order valence-corrected chi connectivity index (χ3v) is 3.99. The number of allylic oxidation sites excluding steroid dienone is 3. The van der Waals surface area contributed by atoms with E-state index in [9.17, 15) is 0 Å². The molecule has 0 aromatic heterocycles. The molecule has 1 nitrogen and oxygen atoms in total. The first-order chi connectivity index (χ1) is 8.78.